The standard InChI is InChI=1S/C21H23N3O3/c25-19(22-12-15-4-3-9-27-15)17-10-14-8-7-13(17)11-21(14)23-18-6-2-1-5-16(18)20(26)24-21/h1-6,9,13-14,17,23H,7-8,10-12H2,(H,22,25)(H,24,26)/t13?,14?,17?,21-/m1/s1. The van der Waals surface area contributed by atoms with Gasteiger partial charge in [0.1, 0.15) is 11.4 Å². The number of para-hydroxylation sites is 1. The second kappa shape index (κ2) is 6.15. The van der Waals surface area contributed by atoms with Crippen molar-refractivity contribution in [2.45, 2.75) is 37.9 Å². The number of anilines is 1. The van der Waals surface area contributed by atoms with E-state index in [4.69, 9.17) is 4.42 Å². The number of carbonyl (C=O) groups is 2. The van der Waals surface area contributed by atoms with Gasteiger partial charge in [0.2, 0.25) is 5.91 Å². The van der Waals surface area contributed by atoms with Crippen molar-refractivity contribution in [2.75, 3.05) is 5.32 Å². The molecular weight excluding hydrogens is 342 g/mol. The molecule has 140 valence electrons. The zero-order chi connectivity index (χ0) is 18.4. The molecule has 1 aliphatic heterocycles. The van der Waals surface area contributed by atoms with Crippen LogP contribution in [0.2, 0.25) is 0 Å². The van der Waals surface area contributed by atoms with Gasteiger partial charge in [0, 0.05) is 17.5 Å². The van der Waals surface area contributed by atoms with Gasteiger partial charge in [-0.1, -0.05) is 12.1 Å². The number of hydrogen-bond donors (Lipinski definition) is 3. The Labute approximate surface area is 157 Å². The molecule has 2 aromatic rings. The van der Waals surface area contributed by atoms with E-state index >= 15 is 0 Å². The van der Waals surface area contributed by atoms with E-state index in [2.05, 4.69) is 16.0 Å². The molecule has 6 rings (SSSR count). The summed E-state index contributed by atoms with van der Waals surface area (Å²) in [5, 5.41) is 9.86. The highest BCUT2D eigenvalue weighted by molar-refractivity contribution is 6.02. The zero-order valence-corrected chi connectivity index (χ0v) is 15.0. The topological polar surface area (TPSA) is 83.4 Å². The largest absolute Gasteiger partial charge is 0.467 e. The summed E-state index contributed by atoms with van der Waals surface area (Å²) in [4.78, 5) is 25.4. The van der Waals surface area contributed by atoms with Crippen LogP contribution in [0.5, 0.6) is 0 Å². The Bertz CT molecular complexity index is 879. The van der Waals surface area contributed by atoms with Gasteiger partial charge in [0.05, 0.1) is 18.4 Å². The summed E-state index contributed by atoms with van der Waals surface area (Å²) in [5.74, 6) is 1.36. The van der Waals surface area contributed by atoms with Crippen molar-refractivity contribution < 1.29 is 14.0 Å². The van der Waals surface area contributed by atoms with Crippen molar-refractivity contribution in [3.63, 3.8) is 0 Å². The maximum Gasteiger partial charge on any atom is 0.255 e. The monoisotopic (exact) mass is 365 g/mol. The lowest BCUT2D eigenvalue weighted by molar-refractivity contribution is -0.132. The van der Waals surface area contributed by atoms with E-state index in [0.29, 0.717) is 12.1 Å². The van der Waals surface area contributed by atoms with E-state index in [1.54, 1.807) is 6.26 Å². The summed E-state index contributed by atoms with van der Waals surface area (Å²) in [5.41, 5.74) is 1.16. The van der Waals surface area contributed by atoms with Crippen molar-refractivity contribution in [1.82, 2.24) is 10.6 Å². The summed E-state index contributed by atoms with van der Waals surface area (Å²) < 4.78 is 5.30. The average molecular weight is 365 g/mol. The van der Waals surface area contributed by atoms with Crippen molar-refractivity contribution in [2.24, 2.45) is 17.8 Å². The fourth-order valence-corrected chi connectivity index (χ4v) is 5.18. The van der Waals surface area contributed by atoms with E-state index in [9.17, 15) is 9.59 Å². The maximum absolute atomic E-state index is 12.8. The van der Waals surface area contributed by atoms with Crippen molar-refractivity contribution in [3.05, 3.63) is 54.0 Å². The molecule has 2 heterocycles. The van der Waals surface area contributed by atoms with Gasteiger partial charge in [0.25, 0.3) is 5.91 Å². The van der Waals surface area contributed by atoms with Gasteiger partial charge >= 0.3 is 0 Å². The Morgan fingerprint density at radius 2 is 2.07 bits per heavy atom. The van der Waals surface area contributed by atoms with Gasteiger partial charge in [-0.05, 0) is 55.9 Å². The molecule has 1 spiro atoms. The fourth-order valence-electron chi connectivity index (χ4n) is 5.18. The molecule has 3 saturated carbocycles. The summed E-state index contributed by atoms with van der Waals surface area (Å²) >= 11 is 0. The molecule has 1 aromatic heterocycles. The Balaban J connectivity index is 1.32. The summed E-state index contributed by atoms with van der Waals surface area (Å²) in [7, 11) is 0. The van der Waals surface area contributed by atoms with Gasteiger partial charge < -0.3 is 20.4 Å². The third-order valence-electron chi connectivity index (χ3n) is 6.49. The van der Waals surface area contributed by atoms with Gasteiger partial charge in [-0.2, -0.15) is 0 Å². The number of rotatable bonds is 3. The molecule has 2 amide bonds. The van der Waals surface area contributed by atoms with E-state index in [-0.39, 0.29) is 29.6 Å². The molecule has 4 atom stereocenters. The molecule has 3 N–H and O–H groups in total. The van der Waals surface area contributed by atoms with Crippen LogP contribution < -0.4 is 16.0 Å². The highest BCUT2D eigenvalue weighted by Crippen LogP contribution is 2.51. The first kappa shape index (κ1) is 16.4. The third-order valence-corrected chi connectivity index (χ3v) is 6.49. The van der Waals surface area contributed by atoms with Gasteiger partial charge in [-0.15, -0.1) is 0 Å². The van der Waals surface area contributed by atoms with E-state index < -0.39 is 5.66 Å². The predicted molar refractivity (Wildman–Crippen MR) is 99.8 cm³/mol. The Kier molecular flexibility index (Phi) is 3.74. The molecule has 3 fully saturated rings. The SMILES string of the molecule is O=C1N[C@@]2(CC3CCC2CC3C(=O)NCc2ccco2)Nc2ccccc21. The number of benzene rings is 1. The minimum atomic E-state index is -0.424. The first-order valence-electron chi connectivity index (χ1n) is 9.64. The Morgan fingerprint density at radius 1 is 1.19 bits per heavy atom. The minimum Gasteiger partial charge on any atom is -0.467 e. The van der Waals surface area contributed by atoms with E-state index in [1.165, 1.54) is 0 Å². The number of carbonyl (C=O) groups excluding carboxylic acids is 2. The van der Waals surface area contributed by atoms with Gasteiger partial charge in [0.15, 0.2) is 0 Å². The minimum absolute atomic E-state index is 0.000194. The number of fused-ring (bicyclic) bond motifs is 3. The normalized spacial score (nSPS) is 31.1. The molecule has 0 saturated heterocycles. The van der Waals surface area contributed by atoms with Crippen LogP contribution in [0.15, 0.2) is 47.1 Å². The lowest BCUT2D eigenvalue weighted by Crippen LogP contribution is -2.68. The van der Waals surface area contributed by atoms with Crippen LogP contribution in [-0.2, 0) is 11.3 Å². The van der Waals surface area contributed by atoms with Crippen LogP contribution in [0, 0.1) is 17.8 Å². The van der Waals surface area contributed by atoms with Crippen molar-refractivity contribution >= 4 is 17.5 Å². The molecule has 3 unspecified atom stereocenters. The van der Waals surface area contributed by atoms with E-state index in [1.807, 2.05) is 36.4 Å². The van der Waals surface area contributed by atoms with Crippen LogP contribution in [-0.4, -0.2) is 17.5 Å². The van der Waals surface area contributed by atoms with Gasteiger partial charge in [-0.3, -0.25) is 9.59 Å². The first-order valence-corrected chi connectivity index (χ1v) is 9.64. The zero-order valence-electron chi connectivity index (χ0n) is 15.0. The number of nitrogens with one attached hydrogen (secondary N) is 3. The quantitative estimate of drug-likeness (QED) is 0.781. The second-order valence-electron chi connectivity index (χ2n) is 7.97. The van der Waals surface area contributed by atoms with E-state index in [0.717, 1.165) is 37.1 Å². The molecule has 1 aromatic carbocycles. The van der Waals surface area contributed by atoms with Crippen LogP contribution in [0.3, 0.4) is 0 Å². The average Bonchev–Trinajstić information content (AvgIpc) is 3.20. The molecular formula is C21H23N3O3. The van der Waals surface area contributed by atoms with Crippen LogP contribution in [0.1, 0.15) is 41.8 Å². The highest BCUT2D eigenvalue weighted by Gasteiger charge is 2.55. The summed E-state index contributed by atoms with van der Waals surface area (Å²) in [6.07, 6.45) is 5.26. The maximum atomic E-state index is 12.8. The molecule has 6 nitrogen and oxygen atoms in total. The van der Waals surface area contributed by atoms with Crippen LogP contribution in [0.4, 0.5) is 5.69 Å². The van der Waals surface area contributed by atoms with Crippen molar-refractivity contribution in [3.8, 4) is 0 Å². The lowest BCUT2D eigenvalue weighted by Gasteiger charge is -2.56. The van der Waals surface area contributed by atoms with Gasteiger partial charge in [-0.25, -0.2) is 0 Å². The molecule has 3 aliphatic carbocycles. The van der Waals surface area contributed by atoms with Crippen LogP contribution in [0.25, 0.3) is 0 Å². The lowest BCUT2D eigenvalue weighted by atomic mass is 9.58. The summed E-state index contributed by atoms with van der Waals surface area (Å²) in [6.45, 7) is 0.424. The number of furan rings is 1. The third kappa shape index (κ3) is 2.71. The van der Waals surface area contributed by atoms with Crippen LogP contribution >= 0.6 is 0 Å². The fraction of sp³-hybridized carbons (Fsp3) is 0.429. The second-order valence-corrected chi connectivity index (χ2v) is 7.97. The molecule has 4 aliphatic rings. The predicted octanol–water partition coefficient (Wildman–Crippen LogP) is 2.88. The molecule has 6 heteroatoms. The number of hydrogen-bond acceptors (Lipinski definition) is 4. The molecule has 2 bridgehead atoms. The molecule has 0 radical (unpaired) electrons. The number of amides is 2. The Morgan fingerprint density at radius 3 is 2.85 bits per heavy atom. The molecule has 27 heavy (non-hydrogen) atoms. The van der Waals surface area contributed by atoms with Crippen molar-refractivity contribution in [1.29, 1.82) is 0 Å². The Hall–Kier alpha value is -2.76. The highest BCUT2D eigenvalue weighted by atomic mass is 16.3. The summed E-state index contributed by atoms with van der Waals surface area (Å²) in [6, 6.07) is 11.3. The smallest absolute Gasteiger partial charge is 0.255 e. The first-order chi connectivity index (χ1) is 13.1.